The summed E-state index contributed by atoms with van der Waals surface area (Å²) in [6, 6.07) is 8.63. The number of ether oxygens (including phenoxy) is 1. The lowest BCUT2D eigenvalue weighted by Gasteiger charge is -2.22. The van der Waals surface area contributed by atoms with Crippen LogP contribution in [0.4, 0.5) is 0 Å². The lowest BCUT2D eigenvalue weighted by Crippen LogP contribution is -2.32. The second-order valence-corrected chi connectivity index (χ2v) is 3.30. The second kappa shape index (κ2) is 5.80. The van der Waals surface area contributed by atoms with E-state index in [2.05, 4.69) is 28.8 Å². The fourth-order valence-corrected chi connectivity index (χ4v) is 1.31. The minimum Gasteiger partial charge on any atom is -0.378 e. The van der Waals surface area contributed by atoms with Crippen LogP contribution in [0.5, 0.6) is 0 Å². The molecule has 1 aliphatic rings. The van der Waals surface area contributed by atoms with Crippen molar-refractivity contribution in [2.75, 3.05) is 26.3 Å². The molecule has 1 aliphatic heterocycles. The lowest BCUT2D eigenvalue weighted by atomic mass is 10.3. The lowest BCUT2D eigenvalue weighted by molar-refractivity contribution is 0.0638. The van der Waals surface area contributed by atoms with Crippen molar-refractivity contribution in [1.29, 1.82) is 0 Å². The highest BCUT2D eigenvalue weighted by molar-refractivity contribution is 5.35. The second-order valence-electron chi connectivity index (χ2n) is 3.30. The van der Waals surface area contributed by atoms with Gasteiger partial charge < -0.3 is 9.64 Å². The molecule has 0 radical (unpaired) electrons. The van der Waals surface area contributed by atoms with Gasteiger partial charge in [0.25, 0.3) is 0 Å². The van der Waals surface area contributed by atoms with E-state index in [1.165, 1.54) is 0 Å². The van der Waals surface area contributed by atoms with Gasteiger partial charge in [-0.25, -0.2) is 4.98 Å². The average molecular weight is 212 g/mol. The molecular formula is C13H12N2O. The molecule has 0 unspecified atom stereocenters. The molecule has 2 rings (SSSR count). The number of pyridine rings is 1. The van der Waals surface area contributed by atoms with Gasteiger partial charge in [0.2, 0.25) is 0 Å². The van der Waals surface area contributed by atoms with Crippen molar-refractivity contribution in [3.05, 3.63) is 30.1 Å². The zero-order valence-corrected chi connectivity index (χ0v) is 8.94. The van der Waals surface area contributed by atoms with Crippen molar-refractivity contribution in [2.24, 2.45) is 0 Å². The Hall–Kier alpha value is -1.97. The minimum atomic E-state index is 0.749. The Balaban J connectivity index is 1.91. The summed E-state index contributed by atoms with van der Waals surface area (Å²) in [6.45, 7) is 3.22. The average Bonchev–Trinajstić information content (AvgIpc) is 2.37. The van der Waals surface area contributed by atoms with Gasteiger partial charge in [0.05, 0.1) is 13.2 Å². The quantitative estimate of drug-likeness (QED) is 0.593. The maximum atomic E-state index is 5.22. The van der Waals surface area contributed by atoms with E-state index in [1.807, 2.05) is 23.1 Å². The Morgan fingerprint density at radius 1 is 1.19 bits per heavy atom. The molecule has 0 aliphatic carbocycles. The van der Waals surface area contributed by atoms with Crippen LogP contribution in [0.2, 0.25) is 0 Å². The molecule has 0 saturated carbocycles. The molecule has 2 heterocycles. The highest BCUT2D eigenvalue weighted by Gasteiger charge is 2.04. The minimum absolute atomic E-state index is 0.749. The first-order valence-corrected chi connectivity index (χ1v) is 5.20. The van der Waals surface area contributed by atoms with Gasteiger partial charge in [-0.2, -0.15) is 0 Å². The SMILES string of the molecule is C(C#CN1CCOCC1)#Cc1ccccn1. The predicted octanol–water partition coefficient (Wildman–Crippen LogP) is 0.726. The van der Waals surface area contributed by atoms with Gasteiger partial charge in [0.15, 0.2) is 0 Å². The molecule has 0 aromatic carbocycles. The summed E-state index contributed by atoms with van der Waals surface area (Å²) < 4.78 is 5.22. The first kappa shape index (κ1) is 10.5. The smallest absolute Gasteiger partial charge is 0.114 e. The summed E-state index contributed by atoms with van der Waals surface area (Å²) in [4.78, 5) is 6.11. The van der Waals surface area contributed by atoms with Gasteiger partial charge in [-0.3, -0.25) is 0 Å². The molecule has 1 saturated heterocycles. The third kappa shape index (κ3) is 3.31. The zero-order valence-electron chi connectivity index (χ0n) is 8.94. The van der Waals surface area contributed by atoms with Crippen LogP contribution in [0.3, 0.4) is 0 Å². The van der Waals surface area contributed by atoms with Crippen LogP contribution in [-0.2, 0) is 4.74 Å². The summed E-state index contributed by atoms with van der Waals surface area (Å²) in [7, 11) is 0. The zero-order chi connectivity index (χ0) is 11.1. The Bertz CT molecular complexity index is 442. The third-order valence-corrected chi connectivity index (χ3v) is 2.14. The van der Waals surface area contributed by atoms with Gasteiger partial charge in [-0.15, -0.1) is 0 Å². The van der Waals surface area contributed by atoms with Crippen LogP contribution < -0.4 is 0 Å². The van der Waals surface area contributed by atoms with Crippen molar-refractivity contribution in [3.63, 3.8) is 0 Å². The summed E-state index contributed by atoms with van der Waals surface area (Å²) >= 11 is 0. The fraction of sp³-hybridized carbons (Fsp3) is 0.308. The van der Waals surface area contributed by atoms with Crippen molar-refractivity contribution >= 4 is 0 Å². The molecular weight excluding hydrogens is 200 g/mol. The fourth-order valence-electron chi connectivity index (χ4n) is 1.31. The molecule has 1 fully saturated rings. The molecule has 0 atom stereocenters. The number of nitrogens with zero attached hydrogens (tertiary/aromatic N) is 2. The van der Waals surface area contributed by atoms with Crippen LogP contribution in [0.25, 0.3) is 0 Å². The van der Waals surface area contributed by atoms with E-state index >= 15 is 0 Å². The number of hydrogen-bond donors (Lipinski definition) is 0. The predicted molar refractivity (Wildman–Crippen MR) is 61.3 cm³/mol. The maximum absolute atomic E-state index is 5.22. The molecule has 3 heteroatoms. The highest BCUT2D eigenvalue weighted by atomic mass is 16.5. The molecule has 3 nitrogen and oxygen atoms in total. The summed E-state index contributed by atoms with van der Waals surface area (Å²) in [5.41, 5.74) is 0.749. The normalized spacial score (nSPS) is 14.4. The monoisotopic (exact) mass is 212 g/mol. The van der Waals surface area contributed by atoms with Gasteiger partial charge in [-0.1, -0.05) is 6.07 Å². The molecule has 1 aromatic rings. The standard InChI is InChI=1S/C13H12N2O/c1-3-7-14-13(5-1)6-2-4-8-15-9-11-16-12-10-15/h1,3,5,7H,9-12H2. The van der Waals surface area contributed by atoms with E-state index < -0.39 is 0 Å². The Kier molecular flexibility index (Phi) is 3.82. The van der Waals surface area contributed by atoms with Gasteiger partial charge in [-0.05, 0) is 24.0 Å². The van der Waals surface area contributed by atoms with Crippen molar-refractivity contribution < 1.29 is 4.74 Å². The van der Waals surface area contributed by atoms with Gasteiger partial charge >= 0.3 is 0 Å². The molecule has 80 valence electrons. The van der Waals surface area contributed by atoms with Crippen molar-refractivity contribution in [3.8, 4) is 23.8 Å². The van der Waals surface area contributed by atoms with Crippen LogP contribution in [0, 0.1) is 23.8 Å². The number of rotatable bonds is 0. The van der Waals surface area contributed by atoms with Crippen LogP contribution in [-0.4, -0.2) is 36.2 Å². The van der Waals surface area contributed by atoms with Crippen LogP contribution in [0.1, 0.15) is 5.69 Å². The topological polar surface area (TPSA) is 25.4 Å². The van der Waals surface area contributed by atoms with Crippen LogP contribution >= 0.6 is 0 Å². The summed E-state index contributed by atoms with van der Waals surface area (Å²) in [6.07, 6.45) is 1.72. The maximum Gasteiger partial charge on any atom is 0.114 e. The first-order chi connectivity index (χ1) is 7.95. The van der Waals surface area contributed by atoms with Gasteiger partial charge in [0, 0.05) is 31.3 Å². The Labute approximate surface area is 95.4 Å². The largest absolute Gasteiger partial charge is 0.378 e. The van der Waals surface area contributed by atoms with E-state index in [0.29, 0.717) is 0 Å². The Morgan fingerprint density at radius 2 is 2.06 bits per heavy atom. The molecule has 0 amide bonds. The van der Waals surface area contributed by atoms with Crippen LogP contribution in [0.15, 0.2) is 24.4 Å². The molecule has 16 heavy (non-hydrogen) atoms. The Morgan fingerprint density at radius 3 is 2.81 bits per heavy atom. The number of aromatic nitrogens is 1. The number of hydrogen-bond acceptors (Lipinski definition) is 3. The van der Waals surface area contributed by atoms with E-state index in [0.717, 1.165) is 32.0 Å². The molecule has 0 spiro atoms. The molecule has 1 aromatic heterocycles. The highest BCUT2D eigenvalue weighted by Crippen LogP contribution is 1.93. The first-order valence-electron chi connectivity index (χ1n) is 5.20. The van der Waals surface area contributed by atoms with E-state index in [9.17, 15) is 0 Å². The van der Waals surface area contributed by atoms with Crippen molar-refractivity contribution in [2.45, 2.75) is 0 Å². The van der Waals surface area contributed by atoms with E-state index in [4.69, 9.17) is 4.74 Å². The third-order valence-electron chi connectivity index (χ3n) is 2.14. The summed E-state index contributed by atoms with van der Waals surface area (Å²) in [5.74, 6) is 8.51. The molecule has 0 bridgehead atoms. The van der Waals surface area contributed by atoms with E-state index in [1.54, 1.807) is 6.20 Å². The molecule has 0 N–H and O–H groups in total. The van der Waals surface area contributed by atoms with Crippen molar-refractivity contribution in [1.82, 2.24) is 9.88 Å². The van der Waals surface area contributed by atoms with Gasteiger partial charge in [0.1, 0.15) is 5.69 Å². The number of morpholine rings is 1. The summed E-state index contributed by atoms with van der Waals surface area (Å²) in [5, 5.41) is 0. The van der Waals surface area contributed by atoms with E-state index in [-0.39, 0.29) is 0 Å².